The number of fused-ring (bicyclic) bond motifs is 1. The van der Waals surface area contributed by atoms with Gasteiger partial charge in [-0.2, -0.15) is 0 Å². The van der Waals surface area contributed by atoms with E-state index in [1.54, 1.807) is 30.3 Å². The van der Waals surface area contributed by atoms with Gasteiger partial charge < -0.3 is 10.5 Å². The summed E-state index contributed by atoms with van der Waals surface area (Å²) in [4.78, 5) is 22.0. The zero-order valence-electron chi connectivity index (χ0n) is 14.5. The average molecular weight is 379 g/mol. The fourth-order valence-electron chi connectivity index (χ4n) is 2.41. The van der Waals surface area contributed by atoms with Gasteiger partial charge in [-0.1, -0.05) is 24.3 Å². The van der Waals surface area contributed by atoms with E-state index in [1.165, 1.54) is 6.07 Å². The van der Waals surface area contributed by atoms with E-state index >= 15 is 0 Å². The van der Waals surface area contributed by atoms with E-state index in [9.17, 15) is 18.0 Å². The van der Waals surface area contributed by atoms with Gasteiger partial charge in [-0.3, -0.25) is 10.1 Å². The van der Waals surface area contributed by atoms with Crippen molar-refractivity contribution < 1.29 is 22.7 Å². The topological polar surface area (TPSA) is 128 Å². The number of hydrogen-bond donors (Lipinski definition) is 3. The van der Waals surface area contributed by atoms with Crippen molar-refractivity contribution in [3.63, 3.8) is 0 Å². The van der Waals surface area contributed by atoms with Crippen LogP contribution in [0, 0.1) is 0 Å². The SMILES string of the molecule is CC(C)Oc1ccc(S(=O)(=O)NCCC(=O)NC(N)=O)c2ccccc12. The molecule has 0 heterocycles. The Hall–Kier alpha value is -2.65. The summed E-state index contributed by atoms with van der Waals surface area (Å²) in [5.74, 6) is -0.0684. The predicted octanol–water partition coefficient (Wildman–Crippen LogP) is 1.49. The molecule has 0 aromatic heterocycles. The smallest absolute Gasteiger partial charge is 0.318 e. The third-order valence-electron chi connectivity index (χ3n) is 3.40. The first-order chi connectivity index (χ1) is 12.2. The largest absolute Gasteiger partial charge is 0.490 e. The second-order valence-electron chi connectivity index (χ2n) is 5.83. The Morgan fingerprint density at radius 3 is 2.38 bits per heavy atom. The molecule has 0 radical (unpaired) electrons. The Morgan fingerprint density at radius 2 is 1.77 bits per heavy atom. The summed E-state index contributed by atoms with van der Waals surface area (Å²) in [6.07, 6.45) is -0.267. The highest BCUT2D eigenvalue weighted by Gasteiger charge is 2.19. The molecule has 2 rings (SSSR count). The van der Waals surface area contributed by atoms with Crippen molar-refractivity contribution in [3.8, 4) is 5.75 Å². The van der Waals surface area contributed by atoms with E-state index in [4.69, 9.17) is 10.5 Å². The maximum atomic E-state index is 12.6. The van der Waals surface area contributed by atoms with Crippen molar-refractivity contribution in [3.05, 3.63) is 36.4 Å². The molecule has 0 saturated carbocycles. The summed E-state index contributed by atoms with van der Waals surface area (Å²) < 4.78 is 33.3. The lowest BCUT2D eigenvalue weighted by atomic mass is 10.1. The van der Waals surface area contributed by atoms with Crippen molar-refractivity contribution in [2.24, 2.45) is 5.73 Å². The van der Waals surface area contributed by atoms with Crippen LogP contribution in [0.1, 0.15) is 20.3 Å². The van der Waals surface area contributed by atoms with Gasteiger partial charge in [0.2, 0.25) is 15.9 Å². The molecule has 8 nitrogen and oxygen atoms in total. The molecule has 0 saturated heterocycles. The standard InChI is InChI=1S/C17H21N3O5S/c1-11(2)25-14-7-8-15(13-6-4-3-5-12(13)14)26(23,24)19-10-9-16(21)20-17(18)22/h3-8,11,19H,9-10H2,1-2H3,(H3,18,20,21,22). The molecule has 0 aliphatic heterocycles. The van der Waals surface area contributed by atoms with Crippen LogP contribution in [0.2, 0.25) is 0 Å². The molecule has 0 bridgehead atoms. The number of rotatable bonds is 7. The molecule has 0 atom stereocenters. The maximum Gasteiger partial charge on any atom is 0.318 e. The number of ether oxygens (including phenoxy) is 1. The van der Waals surface area contributed by atoms with E-state index in [0.717, 1.165) is 0 Å². The Labute approximate surface area is 151 Å². The molecule has 3 amide bonds. The Morgan fingerprint density at radius 1 is 1.12 bits per heavy atom. The highest BCUT2D eigenvalue weighted by molar-refractivity contribution is 7.89. The average Bonchev–Trinajstić information content (AvgIpc) is 2.53. The van der Waals surface area contributed by atoms with Crippen molar-refractivity contribution >= 4 is 32.7 Å². The van der Waals surface area contributed by atoms with Crippen LogP contribution in [0.5, 0.6) is 5.75 Å². The van der Waals surface area contributed by atoms with Crippen LogP contribution in [-0.4, -0.2) is 33.0 Å². The van der Waals surface area contributed by atoms with Crippen molar-refractivity contribution in [2.45, 2.75) is 31.3 Å². The zero-order valence-corrected chi connectivity index (χ0v) is 15.3. The van der Waals surface area contributed by atoms with Crippen LogP contribution in [0.4, 0.5) is 4.79 Å². The molecule has 0 unspecified atom stereocenters. The van der Waals surface area contributed by atoms with Crippen LogP contribution in [0.25, 0.3) is 10.8 Å². The van der Waals surface area contributed by atoms with Crippen LogP contribution in [0.3, 0.4) is 0 Å². The minimum atomic E-state index is -3.86. The molecule has 2 aromatic rings. The summed E-state index contributed by atoms with van der Waals surface area (Å²) >= 11 is 0. The van der Waals surface area contributed by atoms with Gasteiger partial charge in [-0.15, -0.1) is 0 Å². The predicted molar refractivity (Wildman–Crippen MR) is 97.2 cm³/mol. The second-order valence-corrected chi connectivity index (χ2v) is 7.57. The minimum absolute atomic E-state index is 0.0530. The fourth-order valence-corrected chi connectivity index (χ4v) is 3.65. The van der Waals surface area contributed by atoms with E-state index in [0.29, 0.717) is 16.5 Å². The molecular weight excluding hydrogens is 358 g/mol. The number of hydrogen-bond acceptors (Lipinski definition) is 5. The highest BCUT2D eigenvalue weighted by atomic mass is 32.2. The molecule has 2 aromatic carbocycles. The van der Waals surface area contributed by atoms with Crippen molar-refractivity contribution in [2.75, 3.05) is 6.54 Å². The summed E-state index contributed by atoms with van der Waals surface area (Å²) in [5.41, 5.74) is 4.83. The normalized spacial score (nSPS) is 11.5. The number of carbonyl (C=O) groups excluding carboxylic acids is 2. The van der Waals surface area contributed by atoms with Gasteiger partial charge >= 0.3 is 6.03 Å². The molecule has 0 fully saturated rings. The maximum absolute atomic E-state index is 12.6. The number of imide groups is 1. The van der Waals surface area contributed by atoms with Crippen LogP contribution >= 0.6 is 0 Å². The third-order valence-corrected chi connectivity index (χ3v) is 4.92. The first-order valence-corrected chi connectivity index (χ1v) is 9.46. The molecule has 0 aliphatic rings. The summed E-state index contributed by atoms with van der Waals surface area (Å²) in [6, 6.07) is 9.10. The monoisotopic (exact) mass is 379 g/mol. The molecule has 4 N–H and O–H groups in total. The first kappa shape index (κ1) is 19.7. The highest BCUT2D eigenvalue weighted by Crippen LogP contribution is 2.31. The van der Waals surface area contributed by atoms with Crippen molar-refractivity contribution in [1.82, 2.24) is 10.0 Å². The lowest BCUT2D eigenvalue weighted by Gasteiger charge is -2.15. The lowest BCUT2D eigenvalue weighted by molar-refractivity contribution is -0.119. The van der Waals surface area contributed by atoms with Gasteiger partial charge in [0.05, 0.1) is 11.0 Å². The number of urea groups is 1. The van der Waals surface area contributed by atoms with Gasteiger partial charge in [0.1, 0.15) is 5.75 Å². The van der Waals surface area contributed by atoms with Crippen LogP contribution < -0.4 is 20.5 Å². The number of primary amides is 1. The van der Waals surface area contributed by atoms with Gasteiger partial charge in [0, 0.05) is 23.7 Å². The lowest BCUT2D eigenvalue weighted by Crippen LogP contribution is -2.37. The zero-order chi connectivity index (χ0) is 19.3. The fraction of sp³-hybridized carbons (Fsp3) is 0.294. The van der Waals surface area contributed by atoms with E-state index in [2.05, 4.69) is 4.72 Å². The number of carbonyl (C=O) groups is 2. The van der Waals surface area contributed by atoms with Crippen molar-refractivity contribution in [1.29, 1.82) is 0 Å². The third kappa shape index (κ3) is 4.93. The quantitative estimate of drug-likeness (QED) is 0.671. The Kier molecular flexibility index (Phi) is 6.17. The Bertz CT molecular complexity index is 925. The van der Waals surface area contributed by atoms with Crippen LogP contribution in [0.15, 0.2) is 41.3 Å². The van der Waals surface area contributed by atoms with Gasteiger partial charge in [-0.25, -0.2) is 17.9 Å². The van der Waals surface area contributed by atoms with Gasteiger partial charge in [0.15, 0.2) is 0 Å². The van der Waals surface area contributed by atoms with Crippen LogP contribution in [-0.2, 0) is 14.8 Å². The molecule has 9 heteroatoms. The number of amides is 3. The molecular formula is C17H21N3O5S. The minimum Gasteiger partial charge on any atom is -0.490 e. The number of nitrogens with two attached hydrogens (primary N) is 1. The summed E-state index contributed by atoms with van der Waals surface area (Å²) in [6.45, 7) is 3.61. The number of benzene rings is 2. The summed E-state index contributed by atoms with van der Waals surface area (Å²) in [7, 11) is -3.86. The van der Waals surface area contributed by atoms with Gasteiger partial charge in [-0.05, 0) is 26.0 Å². The molecule has 0 aliphatic carbocycles. The second kappa shape index (κ2) is 8.15. The molecule has 26 heavy (non-hydrogen) atoms. The number of nitrogens with one attached hydrogen (secondary N) is 2. The van der Waals surface area contributed by atoms with E-state index in [1.807, 2.05) is 19.2 Å². The first-order valence-electron chi connectivity index (χ1n) is 7.98. The van der Waals surface area contributed by atoms with E-state index < -0.39 is 22.0 Å². The summed E-state index contributed by atoms with van der Waals surface area (Å²) in [5, 5.41) is 3.06. The molecule has 0 spiro atoms. The molecule has 140 valence electrons. The number of sulfonamides is 1. The van der Waals surface area contributed by atoms with Gasteiger partial charge in [0.25, 0.3) is 0 Å². The Balaban J connectivity index is 2.25. The van der Waals surface area contributed by atoms with E-state index in [-0.39, 0.29) is 24.0 Å².